The molecular formula is C29H33N3O2P+. The number of carbonyl (C=O) groups is 1. The Kier molecular flexibility index (Phi) is 6.86. The van der Waals surface area contributed by atoms with Crippen LogP contribution in [0, 0.1) is 0 Å². The summed E-state index contributed by atoms with van der Waals surface area (Å²) < 4.78 is 4.22. The monoisotopic (exact) mass is 486 g/mol. The molecule has 180 valence electrons. The minimum atomic E-state index is -2.32. The summed E-state index contributed by atoms with van der Waals surface area (Å²) in [6.45, 7) is 1.84. The van der Waals surface area contributed by atoms with Gasteiger partial charge in [-0.3, -0.25) is 4.79 Å². The van der Waals surface area contributed by atoms with E-state index >= 15 is 0 Å². The molecule has 1 heterocycles. The molecule has 0 unspecified atom stereocenters. The van der Waals surface area contributed by atoms with Gasteiger partial charge in [0.1, 0.15) is 6.16 Å². The van der Waals surface area contributed by atoms with Crippen LogP contribution in [0.1, 0.15) is 40.7 Å². The van der Waals surface area contributed by atoms with Crippen molar-refractivity contribution in [3.05, 3.63) is 95.6 Å². The van der Waals surface area contributed by atoms with Crippen LogP contribution in [-0.4, -0.2) is 47.3 Å². The molecule has 0 spiro atoms. The minimum Gasteiger partial charge on any atom is -0.322 e. The fourth-order valence-electron chi connectivity index (χ4n) is 4.89. The molecule has 1 amide bonds. The van der Waals surface area contributed by atoms with Crippen molar-refractivity contribution in [1.82, 2.24) is 9.34 Å². The quantitative estimate of drug-likeness (QED) is 0.413. The molecule has 5 rings (SSSR count). The summed E-state index contributed by atoms with van der Waals surface area (Å²) in [6.07, 6.45) is 10.5. The maximum Gasteiger partial charge on any atom is 0.289 e. The number of carbonyl (C=O) groups excluding carboxylic acids is 1. The van der Waals surface area contributed by atoms with Crippen LogP contribution in [-0.2, 0) is 6.16 Å². The van der Waals surface area contributed by atoms with Gasteiger partial charge in [-0.15, -0.1) is 9.34 Å². The third-order valence-corrected chi connectivity index (χ3v) is 10.5. The van der Waals surface area contributed by atoms with Gasteiger partial charge in [-0.05, 0) is 77.1 Å². The third-order valence-electron chi connectivity index (χ3n) is 7.09. The Morgan fingerprint density at radius 1 is 0.943 bits per heavy atom. The minimum absolute atomic E-state index is 0.125. The van der Waals surface area contributed by atoms with Gasteiger partial charge in [0.2, 0.25) is 0 Å². The third kappa shape index (κ3) is 5.10. The maximum absolute atomic E-state index is 13.0. The van der Waals surface area contributed by atoms with Gasteiger partial charge >= 0.3 is 0 Å². The van der Waals surface area contributed by atoms with Crippen molar-refractivity contribution >= 4 is 35.7 Å². The summed E-state index contributed by atoms with van der Waals surface area (Å²) >= 11 is 0. The van der Waals surface area contributed by atoms with Crippen molar-refractivity contribution in [3.63, 3.8) is 0 Å². The lowest BCUT2D eigenvalue weighted by molar-refractivity contribution is 0.102. The van der Waals surface area contributed by atoms with Crippen molar-refractivity contribution < 1.29 is 9.69 Å². The van der Waals surface area contributed by atoms with Gasteiger partial charge < -0.3 is 5.32 Å². The van der Waals surface area contributed by atoms with E-state index in [4.69, 9.17) is 0 Å². The van der Waals surface area contributed by atoms with Crippen LogP contribution < -0.4 is 5.32 Å². The number of fused-ring (bicyclic) bond motifs is 1. The Morgan fingerprint density at radius 3 is 2.40 bits per heavy atom. The second-order valence-electron chi connectivity index (χ2n) is 9.53. The van der Waals surface area contributed by atoms with Gasteiger partial charge in [-0.1, -0.05) is 48.6 Å². The summed E-state index contributed by atoms with van der Waals surface area (Å²) in [5, 5.41) is 5.20. The van der Waals surface area contributed by atoms with Crippen LogP contribution in [0.25, 0.3) is 16.3 Å². The normalized spacial score (nSPS) is 18.4. The zero-order chi connectivity index (χ0) is 24.4. The van der Waals surface area contributed by atoms with Crippen molar-refractivity contribution in [2.45, 2.75) is 25.4 Å². The van der Waals surface area contributed by atoms with E-state index in [-0.39, 0.29) is 5.91 Å². The predicted octanol–water partition coefficient (Wildman–Crippen LogP) is 6.35. The molecule has 1 aliphatic carbocycles. The van der Waals surface area contributed by atoms with E-state index in [1.54, 1.807) is 0 Å². The fraction of sp³-hybridized carbons (Fsp3) is 0.276. The molecular weight excluding hydrogens is 453 g/mol. The highest BCUT2D eigenvalue weighted by atomic mass is 31.2. The Labute approximate surface area is 208 Å². The molecule has 0 bridgehead atoms. The summed E-state index contributed by atoms with van der Waals surface area (Å²) in [7, 11) is 1.69. The molecule has 0 saturated carbocycles. The van der Waals surface area contributed by atoms with E-state index < -0.39 is 7.79 Å². The molecule has 0 radical (unpaired) electrons. The van der Waals surface area contributed by atoms with Crippen LogP contribution >= 0.6 is 7.79 Å². The highest BCUT2D eigenvalue weighted by Crippen LogP contribution is 2.63. The maximum atomic E-state index is 13.0. The Morgan fingerprint density at radius 2 is 1.69 bits per heavy atom. The van der Waals surface area contributed by atoms with Crippen LogP contribution in [0.5, 0.6) is 0 Å². The molecule has 0 atom stereocenters. The van der Waals surface area contributed by atoms with Gasteiger partial charge in [-0.2, -0.15) is 0 Å². The van der Waals surface area contributed by atoms with E-state index in [2.05, 4.69) is 51.1 Å². The molecule has 5 nitrogen and oxygen atoms in total. The van der Waals surface area contributed by atoms with Crippen LogP contribution in [0.2, 0.25) is 0 Å². The number of amides is 1. The molecule has 3 aromatic carbocycles. The molecule has 35 heavy (non-hydrogen) atoms. The number of hydrogen-bond acceptors (Lipinski definition) is 4. The largest absolute Gasteiger partial charge is 0.322 e. The van der Waals surface area contributed by atoms with E-state index in [9.17, 15) is 9.69 Å². The van der Waals surface area contributed by atoms with Gasteiger partial charge in [0.15, 0.2) is 0 Å². The highest BCUT2D eigenvalue weighted by Gasteiger charge is 2.48. The van der Waals surface area contributed by atoms with E-state index in [1.165, 1.54) is 11.1 Å². The summed E-state index contributed by atoms with van der Waals surface area (Å²) in [4.78, 5) is 24.3. The molecule has 2 aliphatic rings. The first-order valence-electron chi connectivity index (χ1n) is 12.3. The Balaban J connectivity index is 1.29. The predicted molar refractivity (Wildman–Crippen MR) is 147 cm³/mol. The molecule has 1 saturated heterocycles. The summed E-state index contributed by atoms with van der Waals surface area (Å²) in [5.74, 6) is -0.125. The van der Waals surface area contributed by atoms with Gasteiger partial charge in [-0.25, -0.2) is 4.89 Å². The number of anilines is 1. The summed E-state index contributed by atoms with van der Waals surface area (Å²) in [6, 6.07) is 20.1. The first-order chi connectivity index (χ1) is 16.9. The van der Waals surface area contributed by atoms with Gasteiger partial charge in [0.25, 0.3) is 13.7 Å². The van der Waals surface area contributed by atoms with Crippen molar-refractivity contribution in [3.8, 4) is 0 Å². The number of nitrogens with one attached hydrogen (secondary N) is 1. The lowest BCUT2D eigenvalue weighted by Crippen LogP contribution is -2.39. The van der Waals surface area contributed by atoms with Crippen molar-refractivity contribution in [1.29, 1.82) is 0 Å². The molecule has 2 N–H and O–H groups in total. The molecule has 1 aliphatic heterocycles. The van der Waals surface area contributed by atoms with E-state index in [1.807, 2.05) is 56.6 Å². The smallest absolute Gasteiger partial charge is 0.289 e. The first kappa shape index (κ1) is 23.9. The average molecular weight is 487 g/mol. The van der Waals surface area contributed by atoms with Crippen LogP contribution in [0.3, 0.4) is 0 Å². The number of benzene rings is 3. The lowest BCUT2D eigenvalue weighted by atomic mass is 9.96. The SMILES string of the molecule is CN1CCCN(C)[P+]1(O)Cc1ccc(NC(=O)c2ccc3ccc(C4=CCCC=C4)cc3c2)cc1. The first-order valence-corrected chi connectivity index (χ1v) is 14.1. The summed E-state index contributed by atoms with van der Waals surface area (Å²) in [5.41, 5.74) is 4.88. The average Bonchev–Trinajstić information content (AvgIpc) is 2.88. The van der Waals surface area contributed by atoms with Gasteiger partial charge in [0.05, 0.1) is 0 Å². The standard InChI is InChI=1S/C29H32N3O2P/c1-31-17-6-18-32(2)35(31,34)21-22-9-15-28(16-10-22)30-29(33)26-14-12-24-11-13-25(19-27(24)20-26)23-7-4-3-5-8-23/h4,7-16,19-20,34H,3,5-6,17-18,21H2,1-2H3/p+1. The second kappa shape index (κ2) is 10.0. The second-order valence-corrected chi connectivity index (χ2v) is 12.6. The topological polar surface area (TPSA) is 55.8 Å². The number of rotatable bonds is 5. The molecule has 6 heteroatoms. The molecule has 3 aromatic rings. The number of hydrogen-bond donors (Lipinski definition) is 2. The number of allylic oxidation sites excluding steroid dienone is 4. The van der Waals surface area contributed by atoms with Crippen LogP contribution in [0.15, 0.2) is 78.9 Å². The van der Waals surface area contributed by atoms with Crippen molar-refractivity contribution in [2.24, 2.45) is 0 Å². The van der Waals surface area contributed by atoms with Crippen molar-refractivity contribution in [2.75, 3.05) is 32.5 Å². The zero-order valence-corrected chi connectivity index (χ0v) is 21.3. The molecule has 0 aromatic heterocycles. The Hall–Kier alpha value is -2.82. The number of nitrogens with zero attached hydrogens (tertiary/aromatic N) is 2. The van der Waals surface area contributed by atoms with Gasteiger partial charge in [0, 0.05) is 38.4 Å². The molecule has 1 fully saturated rings. The van der Waals surface area contributed by atoms with E-state index in [0.29, 0.717) is 11.7 Å². The zero-order valence-electron chi connectivity index (χ0n) is 20.4. The highest BCUT2D eigenvalue weighted by molar-refractivity contribution is 7.64. The van der Waals surface area contributed by atoms with E-state index in [0.717, 1.165) is 54.4 Å². The lowest BCUT2D eigenvalue weighted by Gasteiger charge is -2.38. The fourth-order valence-corrected chi connectivity index (χ4v) is 7.52. The Bertz CT molecular complexity index is 1290. The van der Waals surface area contributed by atoms with Crippen LogP contribution in [0.4, 0.5) is 5.69 Å².